The summed E-state index contributed by atoms with van der Waals surface area (Å²) in [5.41, 5.74) is -0.319. The van der Waals surface area contributed by atoms with Crippen LogP contribution in [0.2, 0.25) is 0 Å². The van der Waals surface area contributed by atoms with E-state index in [1.165, 1.54) is 0 Å². The lowest BCUT2D eigenvalue weighted by Gasteiger charge is -2.34. The van der Waals surface area contributed by atoms with Gasteiger partial charge in [-0.3, -0.25) is 14.5 Å². The molecule has 1 amide bonds. The second-order valence-corrected chi connectivity index (χ2v) is 5.45. The van der Waals surface area contributed by atoms with Crippen LogP contribution in [0.25, 0.3) is 0 Å². The van der Waals surface area contributed by atoms with Crippen LogP contribution in [0, 0.1) is 0 Å². The van der Waals surface area contributed by atoms with Crippen molar-refractivity contribution in [3.8, 4) is 0 Å². The van der Waals surface area contributed by atoms with Crippen LogP contribution in [0.15, 0.2) is 0 Å². The quantitative estimate of drug-likeness (QED) is 0.770. The molecule has 1 fully saturated rings. The number of carboxylic acids is 1. The van der Waals surface area contributed by atoms with Gasteiger partial charge < -0.3 is 14.7 Å². The van der Waals surface area contributed by atoms with E-state index in [0.29, 0.717) is 26.2 Å². The molecule has 18 heavy (non-hydrogen) atoms. The van der Waals surface area contributed by atoms with E-state index in [2.05, 4.69) is 0 Å². The van der Waals surface area contributed by atoms with Crippen LogP contribution in [0.4, 0.5) is 0 Å². The summed E-state index contributed by atoms with van der Waals surface area (Å²) >= 11 is 0. The Morgan fingerprint density at radius 3 is 2.17 bits per heavy atom. The van der Waals surface area contributed by atoms with Gasteiger partial charge in [-0.05, 0) is 20.8 Å². The maximum absolute atomic E-state index is 11.8. The van der Waals surface area contributed by atoms with Gasteiger partial charge >= 0.3 is 5.97 Å². The molecule has 0 aromatic carbocycles. The molecule has 1 N–H and O–H groups in total. The second-order valence-electron chi connectivity index (χ2n) is 5.45. The largest absolute Gasteiger partial charge is 0.480 e. The lowest BCUT2D eigenvalue weighted by atomic mass is 10.2. The van der Waals surface area contributed by atoms with Gasteiger partial charge in [0, 0.05) is 26.2 Å². The summed E-state index contributed by atoms with van der Waals surface area (Å²) in [6, 6.07) is 0. The minimum atomic E-state index is -0.828. The smallest absolute Gasteiger partial charge is 0.317 e. The average Bonchev–Trinajstić information content (AvgIpc) is 2.25. The van der Waals surface area contributed by atoms with Crippen LogP contribution in [-0.4, -0.2) is 71.7 Å². The van der Waals surface area contributed by atoms with E-state index in [1.807, 2.05) is 25.7 Å². The van der Waals surface area contributed by atoms with Gasteiger partial charge in [-0.25, -0.2) is 0 Å². The highest BCUT2D eigenvalue weighted by Gasteiger charge is 2.23. The van der Waals surface area contributed by atoms with Crippen LogP contribution in [-0.2, 0) is 14.3 Å². The van der Waals surface area contributed by atoms with Crippen molar-refractivity contribution in [3.63, 3.8) is 0 Å². The van der Waals surface area contributed by atoms with E-state index in [9.17, 15) is 9.59 Å². The maximum Gasteiger partial charge on any atom is 0.317 e. The molecule has 0 atom stereocenters. The average molecular weight is 258 g/mol. The number of rotatable bonds is 4. The lowest BCUT2D eigenvalue weighted by Crippen LogP contribution is -2.51. The fourth-order valence-electron chi connectivity index (χ4n) is 1.72. The zero-order valence-corrected chi connectivity index (χ0v) is 11.3. The molecule has 1 aliphatic rings. The van der Waals surface area contributed by atoms with E-state index >= 15 is 0 Å². The molecule has 6 nitrogen and oxygen atoms in total. The van der Waals surface area contributed by atoms with Gasteiger partial charge in [0.05, 0.1) is 12.1 Å². The van der Waals surface area contributed by atoms with Crippen LogP contribution < -0.4 is 0 Å². The SMILES string of the molecule is CC(C)(C)OCC(=O)N1CCN(CC(=O)O)CC1. The Bertz CT molecular complexity index is 304. The van der Waals surface area contributed by atoms with Crippen LogP contribution in [0.3, 0.4) is 0 Å². The topological polar surface area (TPSA) is 70.1 Å². The third-order valence-corrected chi connectivity index (χ3v) is 2.71. The molecule has 0 aliphatic carbocycles. The van der Waals surface area contributed by atoms with Gasteiger partial charge in [-0.2, -0.15) is 0 Å². The van der Waals surface area contributed by atoms with E-state index in [1.54, 1.807) is 4.90 Å². The summed E-state index contributed by atoms with van der Waals surface area (Å²) in [7, 11) is 0. The number of carbonyl (C=O) groups excluding carboxylic acids is 1. The molecule has 1 rings (SSSR count). The molecule has 0 radical (unpaired) electrons. The molecule has 1 aliphatic heterocycles. The summed E-state index contributed by atoms with van der Waals surface area (Å²) < 4.78 is 5.44. The standard InChI is InChI=1S/C12H22N2O4/c1-12(2,3)18-9-10(15)14-6-4-13(5-7-14)8-11(16)17/h4-9H2,1-3H3,(H,16,17). The van der Waals surface area contributed by atoms with Crippen LogP contribution in [0.1, 0.15) is 20.8 Å². The second kappa shape index (κ2) is 6.15. The van der Waals surface area contributed by atoms with Crippen LogP contribution in [0.5, 0.6) is 0 Å². The number of amides is 1. The van der Waals surface area contributed by atoms with Gasteiger partial charge in [0.1, 0.15) is 6.61 Å². The number of carboxylic acid groups (broad SMARTS) is 1. The fourth-order valence-corrected chi connectivity index (χ4v) is 1.72. The number of aliphatic carboxylic acids is 1. The zero-order valence-electron chi connectivity index (χ0n) is 11.3. The van der Waals surface area contributed by atoms with E-state index in [0.717, 1.165) is 0 Å². The van der Waals surface area contributed by atoms with Gasteiger partial charge in [0.25, 0.3) is 0 Å². The lowest BCUT2D eigenvalue weighted by molar-refractivity contribution is -0.143. The highest BCUT2D eigenvalue weighted by atomic mass is 16.5. The van der Waals surface area contributed by atoms with Gasteiger partial charge in [-0.1, -0.05) is 0 Å². The van der Waals surface area contributed by atoms with E-state index in [-0.39, 0.29) is 24.7 Å². The molecule has 0 bridgehead atoms. The first-order chi connectivity index (χ1) is 8.28. The normalized spacial score (nSPS) is 17.8. The maximum atomic E-state index is 11.8. The number of hydrogen-bond donors (Lipinski definition) is 1. The van der Waals surface area contributed by atoms with Crippen molar-refractivity contribution < 1.29 is 19.4 Å². The Morgan fingerprint density at radius 2 is 1.72 bits per heavy atom. The summed E-state index contributed by atoms with van der Waals surface area (Å²) in [5, 5.41) is 8.67. The summed E-state index contributed by atoms with van der Waals surface area (Å²) in [4.78, 5) is 25.9. The minimum Gasteiger partial charge on any atom is -0.480 e. The van der Waals surface area contributed by atoms with Crippen LogP contribution >= 0.6 is 0 Å². The summed E-state index contributed by atoms with van der Waals surface area (Å²) in [5.74, 6) is -0.856. The molecular weight excluding hydrogens is 236 g/mol. The van der Waals surface area contributed by atoms with Crippen molar-refractivity contribution >= 4 is 11.9 Å². The Labute approximate surface area is 107 Å². The molecule has 104 valence electrons. The summed E-state index contributed by atoms with van der Waals surface area (Å²) in [6.45, 7) is 8.20. The fraction of sp³-hybridized carbons (Fsp3) is 0.833. The predicted molar refractivity (Wildman–Crippen MR) is 66.4 cm³/mol. The Kier molecular flexibility index (Phi) is 5.10. The van der Waals surface area contributed by atoms with Crippen molar-refractivity contribution in [2.45, 2.75) is 26.4 Å². The Balaban J connectivity index is 2.29. The van der Waals surface area contributed by atoms with Crippen molar-refractivity contribution in [1.82, 2.24) is 9.80 Å². The first-order valence-corrected chi connectivity index (χ1v) is 6.14. The highest BCUT2D eigenvalue weighted by Crippen LogP contribution is 2.08. The predicted octanol–water partition coefficient (Wildman–Crippen LogP) is 0.0303. The Hall–Kier alpha value is -1.14. The molecule has 0 unspecified atom stereocenters. The molecule has 1 saturated heterocycles. The first-order valence-electron chi connectivity index (χ1n) is 6.14. The minimum absolute atomic E-state index is 0.0279. The van der Waals surface area contributed by atoms with Gasteiger partial charge in [0.2, 0.25) is 5.91 Å². The third kappa shape index (κ3) is 5.46. The van der Waals surface area contributed by atoms with Crippen molar-refractivity contribution in [2.24, 2.45) is 0 Å². The van der Waals surface area contributed by atoms with Gasteiger partial charge in [0.15, 0.2) is 0 Å². The highest BCUT2D eigenvalue weighted by molar-refractivity contribution is 5.77. The van der Waals surface area contributed by atoms with Crippen molar-refractivity contribution in [2.75, 3.05) is 39.3 Å². The molecule has 6 heteroatoms. The van der Waals surface area contributed by atoms with E-state index < -0.39 is 5.97 Å². The zero-order chi connectivity index (χ0) is 13.8. The molecule has 0 aromatic rings. The number of hydrogen-bond acceptors (Lipinski definition) is 4. The third-order valence-electron chi connectivity index (χ3n) is 2.71. The number of piperazine rings is 1. The summed E-state index contributed by atoms with van der Waals surface area (Å²) in [6.07, 6.45) is 0. The first kappa shape index (κ1) is 14.9. The monoisotopic (exact) mass is 258 g/mol. The molecule has 0 spiro atoms. The number of carbonyl (C=O) groups is 2. The molecular formula is C12H22N2O4. The number of ether oxygens (including phenoxy) is 1. The molecule has 0 saturated carbocycles. The molecule has 1 heterocycles. The van der Waals surface area contributed by atoms with Crippen molar-refractivity contribution in [3.05, 3.63) is 0 Å². The van der Waals surface area contributed by atoms with Crippen molar-refractivity contribution in [1.29, 1.82) is 0 Å². The number of nitrogens with zero attached hydrogens (tertiary/aromatic N) is 2. The Morgan fingerprint density at radius 1 is 1.17 bits per heavy atom. The van der Waals surface area contributed by atoms with Gasteiger partial charge in [-0.15, -0.1) is 0 Å². The van der Waals surface area contributed by atoms with E-state index in [4.69, 9.17) is 9.84 Å². The molecule has 0 aromatic heterocycles.